The number of nitrogen functional groups attached to an aromatic ring is 1. The Morgan fingerprint density at radius 2 is 1.78 bits per heavy atom. The summed E-state index contributed by atoms with van der Waals surface area (Å²) in [5, 5.41) is 2.83. The van der Waals surface area contributed by atoms with E-state index in [-0.39, 0.29) is 30.0 Å². The summed E-state index contributed by atoms with van der Waals surface area (Å²) in [5.41, 5.74) is 11.3. The molecule has 3 N–H and O–H groups in total. The minimum Gasteiger partial charge on any atom is -0.444 e. The zero-order valence-electron chi connectivity index (χ0n) is 21.6. The van der Waals surface area contributed by atoms with Crippen LogP contribution in [-0.4, -0.2) is 27.6 Å². The fourth-order valence-corrected chi connectivity index (χ4v) is 4.63. The zero-order chi connectivity index (χ0) is 26.2. The summed E-state index contributed by atoms with van der Waals surface area (Å²) in [4.78, 5) is 36.6. The quantitative estimate of drug-likeness (QED) is 0.470. The lowest BCUT2D eigenvalue weighted by Crippen LogP contribution is -2.27. The topological polar surface area (TPSA) is 110 Å². The van der Waals surface area contributed by atoms with Crippen LogP contribution in [0, 0.1) is 13.8 Å². The third-order valence-corrected chi connectivity index (χ3v) is 6.25. The lowest BCUT2D eigenvalue weighted by Gasteiger charge is -2.24. The van der Waals surface area contributed by atoms with Crippen molar-refractivity contribution >= 4 is 34.9 Å². The van der Waals surface area contributed by atoms with Gasteiger partial charge >= 0.3 is 6.09 Å². The summed E-state index contributed by atoms with van der Waals surface area (Å²) in [6, 6.07) is 13.6. The van der Waals surface area contributed by atoms with Gasteiger partial charge in [-0.3, -0.25) is 15.0 Å². The molecule has 2 aromatic carbocycles. The summed E-state index contributed by atoms with van der Waals surface area (Å²) in [6.45, 7) is 11.5. The molecule has 8 heteroatoms. The van der Waals surface area contributed by atoms with Crippen LogP contribution < -0.4 is 16.0 Å². The molecule has 8 nitrogen and oxygen atoms in total. The van der Waals surface area contributed by atoms with Crippen molar-refractivity contribution in [2.75, 3.05) is 16.0 Å². The van der Waals surface area contributed by atoms with Gasteiger partial charge in [0.2, 0.25) is 5.91 Å². The standard InChI is InChI=1S/C28H33N5O3/c1-16-7-9-21(10-8-16)33-23(34)14-22(18(3)24-25(33)26(29)31-15-30-24)19-11-17(2)12-20(13-19)32-27(35)36-28(4,5)6/h7-13,15,18,22H,14H2,1-6H3,(H,32,35)(H2,29,30,31). The molecule has 0 radical (unpaired) electrons. The van der Waals surface area contributed by atoms with Crippen LogP contribution in [0.5, 0.6) is 0 Å². The molecule has 0 fully saturated rings. The minimum atomic E-state index is -0.609. The Hall–Kier alpha value is -3.94. The summed E-state index contributed by atoms with van der Waals surface area (Å²) in [7, 11) is 0. The van der Waals surface area contributed by atoms with Gasteiger partial charge in [0.15, 0.2) is 5.82 Å². The second-order valence-corrected chi connectivity index (χ2v) is 10.4. The summed E-state index contributed by atoms with van der Waals surface area (Å²) in [6.07, 6.45) is 1.15. The Bertz CT molecular complexity index is 1300. The van der Waals surface area contributed by atoms with Gasteiger partial charge in [-0.05, 0) is 70.0 Å². The highest BCUT2D eigenvalue weighted by Crippen LogP contribution is 2.46. The molecular formula is C28H33N5O3. The van der Waals surface area contributed by atoms with Gasteiger partial charge in [0, 0.05) is 29.6 Å². The van der Waals surface area contributed by atoms with E-state index < -0.39 is 11.7 Å². The molecule has 3 aromatic rings. The van der Waals surface area contributed by atoms with Gasteiger partial charge in [-0.25, -0.2) is 14.8 Å². The van der Waals surface area contributed by atoms with Crippen molar-refractivity contribution in [3.63, 3.8) is 0 Å². The summed E-state index contributed by atoms with van der Waals surface area (Å²) < 4.78 is 5.41. The van der Waals surface area contributed by atoms with E-state index in [4.69, 9.17) is 10.5 Å². The number of nitrogens with one attached hydrogen (secondary N) is 1. The Kier molecular flexibility index (Phi) is 6.71. The molecule has 36 heavy (non-hydrogen) atoms. The van der Waals surface area contributed by atoms with Crippen molar-refractivity contribution in [3.8, 4) is 0 Å². The number of amides is 2. The molecule has 0 saturated heterocycles. The van der Waals surface area contributed by atoms with E-state index in [2.05, 4.69) is 15.3 Å². The number of ether oxygens (including phenoxy) is 1. The predicted molar refractivity (Wildman–Crippen MR) is 142 cm³/mol. The number of carbonyl (C=O) groups excluding carboxylic acids is 2. The van der Waals surface area contributed by atoms with Crippen LogP contribution in [0.15, 0.2) is 48.8 Å². The maximum atomic E-state index is 13.8. The molecule has 2 atom stereocenters. The molecule has 1 aromatic heterocycles. The van der Waals surface area contributed by atoms with Crippen molar-refractivity contribution in [2.45, 2.75) is 65.4 Å². The van der Waals surface area contributed by atoms with Crippen molar-refractivity contribution in [3.05, 3.63) is 71.2 Å². The SMILES string of the molecule is Cc1ccc(N2C(=O)CC(c3cc(C)cc(NC(=O)OC(C)(C)C)c3)C(C)c3ncnc(N)c32)cc1. The van der Waals surface area contributed by atoms with Crippen molar-refractivity contribution < 1.29 is 14.3 Å². The smallest absolute Gasteiger partial charge is 0.412 e. The third-order valence-electron chi connectivity index (χ3n) is 6.25. The van der Waals surface area contributed by atoms with Crippen molar-refractivity contribution in [1.82, 2.24) is 9.97 Å². The lowest BCUT2D eigenvalue weighted by molar-refractivity contribution is -0.118. The van der Waals surface area contributed by atoms with Gasteiger partial charge in [-0.1, -0.05) is 30.7 Å². The van der Waals surface area contributed by atoms with Crippen molar-refractivity contribution in [2.24, 2.45) is 0 Å². The van der Waals surface area contributed by atoms with E-state index in [0.717, 1.165) is 22.4 Å². The molecule has 0 aliphatic carbocycles. The van der Waals surface area contributed by atoms with Gasteiger partial charge in [-0.2, -0.15) is 0 Å². The van der Waals surface area contributed by atoms with E-state index in [9.17, 15) is 9.59 Å². The number of benzene rings is 2. The molecule has 1 aliphatic heterocycles. The van der Waals surface area contributed by atoms with E-state index in [1.807, 2.05) is 84.0 Å². The normalized spacial score (nSPS) is 17.8. The summed E-state index contributed by atoms with van der Waals surface area (Å²) in [5.74, 6) is -0.169. The second kappa shape index (κ2) is 9.60. The first-order valence-electron chi connectivity index (χ1n) is 12.0. The maximum absolute atomic E-state index is 13.8. The van der Waals surface area contributed by atoms with Crippen LogP contribution in [0.1, 0.15) is 68.3 Å². The highest BCUT2D eigenvalue weighted by atomic mass is 16.6. The number of hydrogen-bond donors (Lipinski definition) is 2. The third kappa shape index (κ3) is 5.32. The minimum absolute atomic E-state index is 0.0980. The van der Waals surface area contributed by atoms with Crippen LogP contribution in [0.2, 0.25) is 0 Å². The molecule has 4 rings (SSSR count). The number of nitrogens with zero attached hydrogens (tertiary/aromatic N) is 3. The fraction of sp³-hybridized carbons (Fsp3) is 0.357. The Labute approximate surface area is 211 Å². The van der Waals surface area contributed by atoms with E-state index in [0.29, 0.717) is 17.1 Å². The molecule has 0 bridgehead atoms. The first kappa shape index (κ1) is 25.2. The summed E-state index contributed by atoms with van der Waals surface area (Å²) >= 11 is 0. The van der Waals surface area contributed by atoms with E-state index in [1.54, 1.807) is 4.90 Å². The number of hydrogen-bond acceptors (Lipinski definition) is 6. The average molecular weight is 488 g/mol. The molecule has 2 unspecified atom stereocenters. The first-order chi connectivity index (χ1) is 16.9. The predicted octanol–water partition coefficient (Wildman–Crippen LogP) is 5.98. The van der Waals surface area contributed by atoms with Crippen LogP contribution in [0.3, 0.4) is 0 Å². The molecule has 2 amide bonds. The monoisotopic (exact) mass is 487 g/mol. The highest BCUT2D eigenvalue weighted by molar-refractivity contribution is 6.04. The van der Waals surface area contributed by atoms with Gasteiger partial charge in [0.1, 0.15) is 17.6 Å². The van der Waals surface area contributed by atoms with Crippen LogP contribution in [0.25, 0.3) is 0 Å². The number of aromatic nitrogens is 2. The number of nitrogens with two attached hydrogens (primary N) is 1. The van der Waals surface area contributed by atoms with E-state index in [1.165, 1.54) is 6.33 Å². The fourth-order valence-electron chi connectivity index (χ4n) is 4.63. The van der Waals surface area contributed by atoms with Gasteiger partial charge in [0.05, 0.1) is 5.69 Å². The number of carbonyl (C=O) groups is 2. The average Bonchev–Trinajstić information content (AvgIpc) is 2.88. The zero-order valence-corrected chi connectivity index (χ0v) is 21.6. The molecule has 2 heterocycles. The highest BCUT2D eigenvalue weighted by Gasteiger charge is 2.37. The largest absolute Gasteiger partial charge is 0.444 e. The van der Waals surface area contributed by atoms with Crippen LogP contribution in [0.4, 0.5) is 27.7 Å². The Morgan fingerprint density at radius 3 is 2.44 bits per heavy atom. The van der Waals surface area contributed by atoms with Crippen molar-refractivity contribution in [1.29, 1.82) is 0 Å². The van der Waals surface area contributed by atoms with Gasteiger partial charge in [-0.15, -0.1) is 0 Å². The molecule has 0 spiro atoms. The van der Waals surface area contributed by atoms with E-state index >= 15 is 0 Å². The van der Waals surface area contributed by atoms with Crippen LogP contribution >= 0.6 is 0 Å². The number of aryl methyl sites for hydroxylation is 2. The number of anilines is 4. The second-order valence-electron chi connectivity index (χ2n) is 10.4. The molecular weight excluding hydrogens is 454 g/mol. The number of fused-ring (bicyclic) bond motifs is 1. The maximum Gasteiger partial charge on any atom is 0.412 e. The molecule has 1 aliphatic rings. The molecule has 188 valence electrons. The molecule has 0 saturated carbocycles. The van der Waals surface area contributed by atoms with Crippen LogP contribution in [-0.2, 0) is 9.53 Å². The number of rotatable bonds is 3. The Morgan fingerprint density at radius 1 is 1.08 bits per heavy atom. The first-order valence-corrected chi connectivity index (χ1v) is 12.0. The lowest BCUT2D eigenvalue weighted by atomic mass is 9.82. The van der Waals surface area contributed by atoms with Gasteiger partial charge in [0.25, 0.3) is 0 Å². The Balaban J connectivity index is 1.76. The van der Waals surface area contributed by atoms with Gasteiger partial charge < -0.3 is 10.5 Å².